The first-order valence-electron chi connectivity index (χ1n) is 6.44. The minimum atomic E-state index is 0.789. The predicted octanol–water partition coefficient (Wildman–Crippen LogP) is 3.50. The van der Waals surface area contributed by atoms with Crippen LogP contribution in [0.3, 0.4) is 0 Å². The van der Waals surface area contributed by atoms with Crippen LogP contribution < -0.4 is 0 Å². The van der Waals surface area contributed by atoms with E-state index < -0.39 is 0 Å². The van der Waals surface area contributed by atoms with Crippen LogP contribution >= 0.6 is 23.3 Å². The first-order chi connectivity index (χ1) is 10.2. The number of benzene rings is 1. The third-order valence-electron chi connectivity index (χ3n) is 3.26. The largest absolute Gasteiger partial charge is 0.270 e. The molecule has 0 saturated heterocycles. The number of hydrogen-bond donors (Lipinski definition) is 0. The van der Waals surface area contributed by atoms with Gasteiger partial charge in [0.1, 0.15) is 5.82 Å². The maximum atomic E-state index is 4.38. The zero-order valence-electron chi connectivity index (χ0n) is 11.4. The Kier molecular flexibility index (Phi) is 2.90. The van der Waals surface area contributed by atoms with Gasteiger partial charge in [0.25, 0.3) is 0 Å². The van der Waals surface area contributed by atoms with Gasteiger partial charge in [0.15, 0.2) is 9.99 Å². The van der Waals surface area contributed by atoms with E-state index in [9.17, 15) is 0 Å². The van der Waals surface area contributed by atoms with Crippen LogP contribution in [0.15, 0.2) is 39.8 Å². The lowest BCUT2D eigenvalue weighted by Crippen LogP contribution is -1.92. The maximum absolute atomic E-state index is 4.38. The highest BCUT2D eigenvalue weighted by Crippen LogP contribution is 2.30. The van der Waals surface area contributed by atoms with Crippen LogP contribution in [0.4, 0.5) is 0 Å². The van der Waals surface area contributed by atoms with E-state index in [4.69, 9.17) is 0 Å². The SMILES string of the molecule is Cc1nsc(Sc2nnc3cc(C)c4ccccc4n23)n1. The van der Waals surface area contributed by atoms with Crippen molar-refractivity contribution in [2.24, 2.45) is 0 Å². The summed E-state index contributed by atoms with van der Waals surface area (Å²) < 4.78 is 7.16. The molecule has 0 spiro atoms. The molecular weight excluding hydrogens is 302 g/mol. The normalized spacial score (nSPS) is 11.5. The summed E-state index contributed by atoms with van der Waals surface area (Å²) in [6.45, 7) is 3.99. The second-order valence-corrected chi connectivity index (χ2v) is 6.70. The predicted molar refractivity (Wildman–Crippen MR) is 84.0 cm³/mol. The van der Waals surface area contributed by atoms with Gasteiger partial charge in [-0.25, -0.2) is 4.98 Å². The molecule has 4 rings (SSSR count). The van der Waals surface area contributed by atoms with Crippen molar-refractivity contribution in [1.82, 2.24) is 24.0 Å². The van der Waals surface area contributed by atoms with E-state index >= 15 is 0 Å². The Morgan fingerprint density at radius 2 is 2.00 bits per heavy atom. The van der Waals surface area contributed by atoms with Crippen LogP contribution in [0.1, 0.15) is 11.4 Å². The molecule has 0 bridgehead atoms. The summed E-state index contributed by atoms with van der Waals surface area (Å²) in [7, 11) is 0. The number of aromatic nitrogens is 5. The zero-order valence-corrected chi connectivity index (χ0v) is 13.1. The Morgan fingerprint density at radius 1 is 1.14 bits per heavy atom. The van der Waals surface area contributed by atoms with Crippen molar-refractivity contribution in [2.45, 2.75) is 23.3 Å². The van der Waals surface area contributed by atoms with Crippen molar-refractivity contribution in [3.63, 3.8) is 0 Å². The second kappa shape index (κ2) is 4.78. The average Bonchev–Trinajstić information content (AvgIpc) is 3.07. The van der Waals surface area contributed by atoms with Gasteiger partial charge in [-0.1, -0.05) is 18.2 Å². The van der Waals surface area contributed by atoms with Crippen molar-refractivity contribution < 1.29 is 0 Å². The van der Waals surface area contributed by atoms with E-state index in [1.165, 1.54) is 34.2 Å². The fourth-order valence-corrected chi connectivity index (χ4v) is 3.95. The lowest BCUT2D eigenvalue weighted by molar-refractivity contribution is 0.937. The summed E-state index contributed by atoms with van der Waals surface area (Å²) in [5.41, 5.74) is 3.17. The summed E-state index contributed by atoms with van der Waals surface area (Å²) >= 11 is 2.89. The fourth-order valence-electron chi connectivity index (χ4n) is 2.34. The topological polar surface area (TPSA) is 56.0 Å². The van der Waals surface area contributed by atoms with Gasteiger partial charge in [-0.3, -0.25) is 4.40 Å². The van der Waals surface area contributed by atoms with Crippen molar-refractivity contribution in [2.75, 3.05) is 0 Å². The molecule has 0 aliphatic carbocycles. The molecule has 0 saturated carbocycles. The minimum Gasteiger partial charge on any atom is -0.270 e. The molecule has 0 radical (unpaired) electrons. The number of aryl methyl sites for hydroxylation is 2. The zero-order chi connectivity index (χ0) is 14.4. The second-order valence-electron chi connectivity index (χ2n) is 4.73. The van der Waals surface area contributed by atoms with Gasteiger partial charge in [0.2, 0.25) is 5.16 Å². The van der Waals surface area contributed by atoms with Crippen molar-refractivity contribution in [1.29, 1.82) is 0 Å². The lowest BCUT2D eigenvalue weighted by atomic mass is 10.1. The Balaban J connectivity index is 1.96. The van der Waals surface area contributed by atoms with Crippen molar-refractivity contribution in [3.05, 3.63) is 41.7 Å². The molecule has 4 aromatic rings. The molecule has 0 aliphatic heterocycles. The fraction of sp³-hybridized carbons (Fsp3) is 0.143. The van der Waals surface area contributed by atoms with Gasteiger partial charge in [0.05, 0.1) is 5.52 Å². The Labute approximate surface area is 129 Å². The van der Waals surface area contributed by atoms with Crippen LogP contribution in [0, 0.1) is 13.8 Å². The minimum absolute atomic E-state index is 0.789. The molecule has 7 heteroatoms. The van der Waals surface area contributed by atoms with Crippen molar-refractivity contribution >= 4 is 39.8 Å². The molecule has 1 aromatic carbocycles. The number of para-hydroxylation sites is 1. The summed E-state index contributed by atoms with van der Waals surface area (Å²) in [5, 5.41) is 10.6. The van der Waals surface area contributed by atoms with Crippen LogP contribution in [0.5, 0.6) is 0 Å². The van der Waals surface area contributed by atoms with Gasteiger partial charge < -0.3 is 0 Å². The van der Waals surface area contributed by atoms with E-state index in [1.807, 2.05) is 19.1 Å². The quantitative estimate of drug-likeness (QED) is 0.567. The van der Waals surface area contributed by atoms with E-state index in [1.54, 1.807) is 0 Å². The summed E-state index contributed by atoms with van der Waals surface area (Å²) in [5.74, 6) is 0.789. The third kappa shape index (κ3) is 2.09. The smallest absolute Gasteiger partial charge is 0.203 e. The van der Waals surface area contributed by atoms with E-state index in [2.05, 4.69) is 49.1 Å². The van der Waals surface area contributed by atoms with Gasteiger partial charge >= 0.3 is 0 Å². The average molecular weight is 313 g/mol. The van der Waals surface area contributed by atoms with Crippen LogP contribution in [-0.2, 0) is 0 Å². The van der Waals surface area contributed by atoms with Crippen LogP contribution in [0.2, 0.25) is 0 Å². The third-order valence-corrected chi connectivity index (χ3v) is 5.05. The molecule has 5 nitrogen and oxygen atoms in total. The molecule has 0 aliphatic rings. The molecule has 0 atom stereocenters. The molecule has 0 unspecified atom stereocenters. The number of fused-ring (bicyclic) bond motifs is 3. The highest BCUT2D eigenvalue weighted by Gasteiger charge is 2.13. The molecular formula is C14H11N5S2. The molecule has 104 valence electrons. The van der Waals surface area contributed by atoms with Crippen molar-refractivity contribution in [3.8, 4) is 0 Å². The Hall–Kier alpha value is -1.99. The molecule has 0 amide bonds. The first-order valence-corrected chi connectivity index (χ1v) is 8.03. The van der Waals surface area contributed by atoms with E-state index in [-0.39, 0.29) is 0 Å². The molecule has 3 heterocycles. The molecule has 0 fully saturated rings. The Morgan fingerprint density at radius 3 is 2.81 bits per heavy atom. The van der Waals surface area contributed by atoms with Crippen LogP contribution in [0.25, 0.3) is 16.6 Å². The first kappa shape index (κ1) is 12.7. The molecule has 0 N–H and O–H groups in total. The molecule has 3 aromatic heterocycles. The van der Waals surface area contributed by atoms with Gasteiger partial charge in [-0.2, -0.15) is 4.37 Å². The monoisotopic (exact) mass is 313 g/mol. The van der Waals surface area contributed by atoms with E-state index in [0.29, 0.717) is 0 Å². The van der Waals surface area contributed by atoms with Gasteiger partial charge in [-0.05, 0) is 54.8 Å². The van der Waals surface area contributed by atoms with E-state index in [0.717, 1.165) is 26.5 Å². The number of rotatable bonds is 2. The molecule has 21 heavy (non-hydrogen) atoms. The number of nitrogens with zero attached hydrogens (tertiary/aromatic N) is 5. The lowest BCUT2D eigenvalue weighted by Gasteiger charge is -2.06. The van der Waals surface area contributed by atoms with Gasteiger partial charge in [-0.15, -0.1) is 10.2 Å². The highest BCUT2D eigenvalue weighted by molar-refractivity contribution is 8.00. The Bertz CT molecular complexity index is 956. The summed E-state index contributed by atoms with van der Waals surface area (Å²) in [6, 6.07) is 10.4. The standard InChI is InChI=1S/C14H11N5S2/c1-8-7-12-16-17-13(20-14-15-9(2)18-21-14)19(12)11-6-4-3-5-10(8)11/h3-7H,1-2H3. The number of hydrogen-bond acceptors (Lipinski definition) is 6. The summed E-state index contributed by atoms with van der Waals surface area (Å²) in [4.78, 5) is 4.38. The summed E-state index contributed by atoms with van der Waals surface area (Å²) in [6.07, 6.45) is 0. The van der Waals surface area contributed by atoms with Crippen LogP contribution in [-0.4, -0.2) is 24.0 Å². The highest BCUT2D eigenvalue weighted by atomic mass is 32.2. The maximum Gasteiger partial charge on any atom is 0.203 e. The number of pyridine rings is 1. The van der Waals surface area contributed by atoms with Gasteiger partial charge in [0, 0.05) is 5.39 Å².